The SMILES string of the molecule is COc1cccc2c1C(=O)OC2(C)O. The molecule has 1 aliphatic rings. The largest absolute Gasteiger partial charge is 0.496 e. The third-order valence-electron chi connectivity index (χ3n) is 2.24. The van der Waals surface area contributed by atoms with Gasteiger partial charge in [0.15, 0.2) is 0 Å². The molecule has 74 valence electrons. The molecular formula is C10H10O4. The second-order valence-corrected chi connectivity index (χ2v) is 3.26. The summed E-state index contributed by atoms with van der Waals surface area (Å²) in [5.74, 6) is -1.67. The van der Waals surface area contributed by atoms with E-state index in [9.17, 15) is 9.90 Å². The Labute approximate surface area is 81.1 Å². The molecule has 0 bridgehead atoms. The van der Waals surface area contributed by atoms with Crippen molar-refractivity contribution < 1.29 is 19.4 Å². The Morgan fingerprint density at radius 1 is 1.50 bits per heavy atom. The highest BCUT2D eigenvalue weighted by Gasteiger charge is 2.41. The van der Waals surface area contributed by atoms with Gasteiger partial charge in [-0.2, -0.15) is 0 Å². The number of cyclic esters (lactones) is 1. The summed E-state index contributed by atoms with van der Waals surface area (Å²) in [4.78, 5) is 11.4. The van der Waals surface area contributed by atoms with Crippen molar-refractivity contribution in [3.8, 4) is 5.75 Å². The number of methoxy groups -OCH3 is 1. The van der Waals surface area contributed by atoms with Crippen molar-refractivity contribution in [1.29, 1.82) is 0 Å². The molecule has 0 aromatic heterocycles. The molecule has 0 saturated heterocycles. The summed E-state index contributed by atoms with van der Waals surface area (Å²) in [5, 5.41) is 9.74. The van der Waals surface area contributed by atoms with Gasteiger partial charge >= 0.3 is 5.97 Å². The fraction of sp³-hybridized carbons (Fsp3) is 0.300. The van der Waals surface area contributed by atoms with Crippen LogP contribution in [0.4, 0.5) is 0 Å². The van der Waals surface area contributed by atoms with Crippen molar-refractivity contribution in [2.24, 2.45) is 0 Å². The van der Waals surface area contributed by atoms with Gasteiger partial charge in [-0.05, 0) is 6.07 Å². The minimum absolute atomic E-state index is 0.306. The highest BCUT2D eigenvalue weighted by molar-refractivity contribution is 5.97. The Balaban J connectivity index is 2.67. The molecule has 1 unspecified atom stereocenters. The van der Waals surface area contributed by atoms with Crippen LogP contribution in [0.2, 0.25) is 0 Å². The second kappa shape index (κ2) is 2.72. The number of benzene rings is 1. The van der Waals surface area contributed by atoms with Gasteiger partial charge in [-0.1, -0.05) is 12.1 Å². The van der Waals surface area contributed by atoms with Crippen LogP contribution in [0, 0.1) is 0 Å². The molecule has 0 aliphatic carbocycles. The Morgan fingerprint density at radius 3 is 2.86 bits per heavy atom. The Kier molecular flexibility index (Phi) is 1.75. The third kappa shape index (κ3) is 1.08. The molecule has 0 radical (unpaired) electrons. The maximum absolute atomic E-state index is 11.4. The molecule has 1 atom stereocenters. The standard InChI is InChI=1S/C10H10O4/c1-10(12)6-4-3-5-7(13-2)8(6)9(11)14-10/h3-5,12H,1-2H3. The predicted octanol–water partition coefficient (Wildman–Crippen LogP) is 1.03. The number of carbonyl (C=O) groups is 1. The maximum Gasteiger partial charge on any atom is 0.345 e. The van der Waals surface area contributed by atoms with Crippen molar-refractivity contribution in [3.63, 3.8) is 0 Å². The monoisotopic (exact) mass is 194 g/mol. The number of rotatable bonds is 1. The van der Waals surface area contributed by atoms with E-state index in [-0.39, 0.29) is 0 Å². The summed E-state index contributed by atoms with van der Waals surface area (Å²) >= 11 is 0. The van der Waals surface area contributed by atoms with E-state index in [1.165, 1.54) is 14.0 Å². The van der Waals surface area contributed by atoms with E-state index < -0.39 is 11.8 Å². The molecule has 0 saturated carbocycles. The molecule has 1 heterocycles. The lowest BCUT2D eigenvalue weighted by molar-refractivity contribution is -0.147. The van der Waals surface area contributed by atoms with Gasteiger partial charge in [0.2, 0.25) is 5.79 Å². The lowest BCUT2D eigenvalue weighted by Gasteiger charge is -2.15. The number of hydrogen-bond donors (Lipinski definition) is 1. The van der Waals surface area contributed by atoms with E-state index in [0.29, 0.717) is 16.9 Å². The molecule has 1 aromatic carbocycles. The smallest absolute Gasteiger partial charge is 0.345 e. The topological polar surface area (TPSA) is 55.8 Å². The molecule has 4 heteroatoms. The van der Waals surface area contributed by atoms with Gasteiger partial charge in [-0.25, -0.2) is 4.79 Å². The number of fused-ring (bicyclic) bond motifs is 1. The maximum atomic E-state index is 11.4. The normalized spacial score (nSPS) is 24.4. The van der Waals surface area contributed by atoms with Crippen LogP contribution >= 0.6 is 0 Å². The van der Waals surface area contributed by atoms with Crippen molar-refractivity contribution in [1.82, 2.24) is 0 Å². The fourth-order valence-electron chi connectivity index (χ4n) is 1.58. The van der Waals surface area contributed by atoms with Crippen molar-refractivity contribution in [3.05, 3.63) is 29.3 Å². The Bertz CT molecular complexity index is 395. The first kappa shape index (κ1) is 9.02. The molecule has 0 spiro atoms. The average Bonchev–Trinajstić information content (AvgIpc) is 2.38. The summed E-state index contributed by atoms with van der Waals surface area (Å²) in [5.41, 5.74) is 0.752. The van der Waals surface area contributed by atoms with Crippen molar-refractivity contribution in [2.75, 3.05) is 7.11 Å². The first-order valence-electron chi connectivity index (χ1n) is 4.19. The van der Waals surface area contributed by atoms with Crippen LogP contribution in [0.15, 0.2) is 18.2 Å². The first-order chi connectivity index (χ1) is 6.56. The number of carbonyl (C=O) groups excluding carboxylic acids is 1. The van der Waals surface area contributed by atoms with Crippen molar-refractivity contribution in [2.45, 2.75) is 12.7 Å². The van der Waals surface area contributed by atoms with E-state index in [1.54, 1.807) is 18.2 Å². The van der Waals surface area contributed by atoms with Crippen LogP contribution in [0.3, 0.4) is 0 Å². The minimum Gasteiger partial charge on any atom is -0.496 e. The second-order valence-electron chi connectivity index (χ2n) is 3.26. The van der Waals surface area contributed by atoms with Crippen LogP contribution in [-0.4, -0.2) is 18.2 Å². The number of ether oxygens (including phenoxy) is 2. The number of hydrogen-bond acceptors (Lipinski definition) is 4. The lowest BCUT2D eigenvalue weighted by Crippen LogP contribution is -2.20. The zero-order valence-corrected chi connectivity index (χ0v) is 7.90. The molecule has 1 aliphatic heterocycles. The average molecular weight is 194 g/mol. The quantitative estimate of drug-likeness (QED) is 0.678. The van der Waals surface area contributed by atoms with Gasteiger partial charge in [-0.3, -0.25) is 0 Å². The summed E-state index contributed by atoms with van der Waals surface area (Å²) in [6, 6.07) is 5.00. The molecule has 1 N–H and O–H groups in total. The third-order valence-corrected chi connectivity index (χ3v) is 2.24. The summed E-state index contributed by atoms with van der Waals surface area (Å²) < 4.78 is 9.81. The van der Waals surface area contributed by atoms with Gasteiger partial charge in [0.25, 0.3) is 0 Å². The van der Waals surface area contributed by atoms with Crippen LogP contribution in [0.1, 0.15) is 22.8 Å². The molecule has 14 heavy (non-hydrogen) atoms. The molecule has 4 nitrogen and oxygen atoms in total. The lowest BCUT2D eigenvalue weighted by atomic mass is 10.0. The Hall–Kier alpha value is -1.55. The number of esters is 1. The van der Waals surface area contributed by atoms with Gasteiger partial charge in [-0.15, -0.1) is 0 Å². The minimum atomic E-state index is -1.54. The van der Waals surface area contributed by atoms with E-state index >= 15 is 0 Å². The van der Waals surface area contributed by atoms with E-state index in [2.05, 4.69) is 0 Å². The van der Waals surface area contributed by atoms with Gasteiger partial charge in [0, 0.05) is 12.5 Å². The summed E-state index contributed by atoms with van der Waals surface area (Å²) in [6.45, 7) is 1.43. The molecule has 1 aromatic rings. The van der Waals surface area contributed by atoms with E-state index in [4.69, 9.17) is 9.47 Å². The van der Waals surface area contributed by atoms with Crippen LogP contribution in [0.5, 0.6) is 5.75 Å². The zero-order chi connectivity index (χ0) is 10.3. The van der Waals surface area contributed by atoms with Gasteiger partial charge < -0.3 is 14.6 Å². The molecule has 0 fully saturated rings. The van der Waals surface area contributed by atoms with Crippen molar-refractivity contribution >= 4 is 5.97 Å². The predicted molar refractivity (Wildman–Crippen MR) is 48.0 cm³/mol. The summed E-state index contributed by atoms with van der Waals surface area (Å²) in [6.07, 6.45) is 0. The van der Waals surface area contributed by atoms with Gasteiger partial charge in [0.1, 0.15) is 11.3 Å². The van der Waals surface area contributed by atoms with E-state index in [1.807, 2.05) is 0 Å². The molecule has 0 amide bonds. The zero-order valence-electron chi connectivity index (χ0n) is 7.90. The van der Waals surface area contributed by atoms with E-state index in [0.717, 1.165) is 0 Å². The number of aliphatic hydroxyl groups is 1. The van der Waals surface area contributed by atoms with Crippen LogP contribution < -0.4 is 4.74 Å². The summed E-state index contributed by atoms with van der Waals surface area (Å²) in [7, 11) is 1.47. The highest BCUT2D eigenvalue weighted by Crippen LogP contribution is 2.38. The molecular weight excluding hydrogens is 184 g/mol. The van der Waals surface area contributed by atoms with Crippen LogP contribution in [0.25, 0.3) is 0 Å². The highest BCUT2D eigenvalue weighted by atomic mass is 16.7. The van der Waals surface area contributed by atoms with Gasteiger partial charge in [0.05, 0.1) is 7.11 Å². The Morgan fingerprint density at radius 2 is 2.21 bits per heavy atom. The fourth-order valence-corrected chi connectivity index (χ4v) is 1.58. The van der Waals surface area contributed by atoms with Crippen LogP contribution in [-0.2, 0) is 10.5 Å². The molecule has 2 rings (SSSR count). The first-order valence-corrected chi connectivity index (χ1v) is 4.19.